The normalized spacial score (nSPS) is 12.2. The van der Waals surface area contributed by atoms with E-state index in [4.69, 9.17) is 10.2 Å². The van der Waals surface area contributed by atoms with Crippen molar-refractivity contribution in [1.82, 2.24) is 0 Å². The van der Waals surface area contributed by atoms with Crippen LogP contribution < -0.4 is 5.32 Å². The molecule has 1 unspecified atom stereocenters. The van der Waals surface area contributed by atoms with Gasteiger partial charge in [0.05, 0.1) is 11.7 Å². The molecule has 17 heavy (non-hydrogen) atoms. The lowest BCUT2D eigenvalue weighted by molar-refractivity contribution is 0.0692. The van der Waals surface area contributed by atoms with Gasteiger partial charge < -0.3 is 15.5 Å². The summed E-state index contributed by atoms with van der Waals surface area (Å²) >= 11 is 0. The molecule has 0 radical (unpaired) electrons. The number of aliphatic hydroxyl groups excluding tert-OH is 1. The predicted molar refractivity (Wildman–Crippen MR) is 62.8 cm³/mol. The molecule has 1 aromatic carbocycles. The summed E-state index contributed by atoms with van der Waals surface area (Å²) in [6.07, 6.45) is 1.09. The molecule has 0 heterocycles. The van der Waals surface area contributed by atoms with Crippen molar-refractivity contribution in [3.05, 3.63) is 29.6 Å². The molecule has 1 atom stereocenters. The fraction of sp³-hybridized carbons (Fsp3) is 0.417. The monoisotopic (exact) mass is 241 g/mol. The Kier molecular flexibility index (Phi) is 4.90. The van der Waals surface area contributed by atoms with Gasteiger partial charge in [-0.25, -0.2) is 9.18 Å². The van der Waals surface area contributed by atoms with E-state index in [1.165, 1.54) is 12.1 Å². The molecule has 1 aromatic rings. The SMILES string of the molecule is CC(O)CCCNc1ccc(C(=O)O)c(F)c1. The number of aromatic carboxylic acids is 1. The summed E-state index contributed by atoms with van der Waals surface area (Å²) < 4.78 is 13.3. The molecular weight excluding hydrogens is 225 g/mol. The van der Waals surface area contributed by atoms with Gasteiger partial charge in [-0.3, -0.25) is 0 Å². The average molecular weight is 241 g/mol. The number of halogens is 1. The van der Waals surface area contributed by atoms with E-state index >= 15 is 0 Å². The van der Waals surface area contributed by atoms with Gasteiger partial charge >= 0.3 is 5.97 Å². The van der Waals surface area contributed by atoms with Gasteiger partial charge in [-0.1, -0.05) is 0 Å². The third-order valence-electron chi connectivity index (χ3n) is 2.33. The number of nitrogens with one attached hydrogen (secondary N) is 1. The number of rotatable bonds is 6. The van der Waals surface area contributed by atoms with Crippen LogP contribution in [0.25, 0.3) is 0 Å². The second-order valence-corrected chi connectivity index (χ2v) is 3.92. The molecular formula is C12H16FNO3. The Morgan fingerprint density at radius 3 is 2.76 bits per heavy atom. The Balaban J connectivity index is 2.50. The van der Waals surface area contributed by atoms with E-state index in [0.29, 0.717) is 18.7 Å². The minimum Gasteiger partial charge on any atom is -0.478 e. The molecule has 0 spiro atoms. The molecule has 0 aromatic heterocycles. The molecule has 0 bridgehead atoms. The quantitative estimate of drug-likeness (QED) is 0.667. The Hall–Kier alpha value is -1.62. The predicted octanol–water partition coefficient (Wildman–Crippen LogP) is 2.10. The summed E-state index contributed by atoms with van der Waals surface area (Å²) in [7, 11) is 0. The third kappa shape index (κ3) is 4.40. The first-order valence-electron chi connectivity index (χ1n) is 5.45. The van der Waals surface area contributed by atoms with E-state index in [2.05, 4.69) is 5.32 Å². The number of aliphatic hydroxyl groups is 1. The van der Waals surface area contributed by atoms with Crippen molar-refractivity contribution in [1.29, 1.82) is 0 Å². The van der Waals surface area contributed by atoms with Crippen LogP contribution in [0, 0.1) is 5.82 Å². The van der Waals surface area contributed by atoms with Crippen molar-refractivity contribution < 1.29 is 19.4 Å². The fourth-order valence-electron chi connectivity index (χ4n) is 1.43. The third-order valence-corrected chi connectivity index (χ3v) is 2.33. The van der Waals surface area contributed by atoms with Crippen LogP contribution in [0.3, 0.4) is 0 Å². The molecule has 1 rings (SSSR count). The highest BCUT2D eigenvalue weighted by Crippen LogP contribution is 2.14. The van der Waals surface area contributed by atoms with Crippen LogP contribution >= 0.6 is 0 Å². The second-order valence-electron chi connectivity index (χ2n) is 3.92. The van der Waals surface area contributed by atoms with E-state index in [1.54, 1.807) is 6.92 Å². The Bertz CT molecular complexity index is 393. The van der Waals surface area contributed by atoms with Crippen molar-refractivity contribution in [3.8, 4) is 0 Å². The molecule has 94 valence electrons. The number of anilines is 1. The fourth-order valence-corrected chi connectivity index (χ4v) is 1.43. The molecule has 0 fully saturated rings. The maximum absolute atomic E-state index is 13.3. The Morgan fingerprint density at radius 1 is 1.53 bits per heavy atom. The van der Waals surface area contributed by atoms with Gasteiger partial charge in [-0.15, -0.1) is 0 Å². The van der Waals surface area contributed by atoms with Crippen molar-refractivity contribution in [2.24, 2.45) is 0 Å². The van der Waals surface area contributed by atoms with Crippen LogP contribution in [0.2, 0.25) is 0 Å². The number of hydrogen-bond acceptors (Lipinski definition) is 3. The van der Waals surface area contributed by atoms with Gasteiger partial charge in [0.2, 0.25) is 0 Å². The second kappa shape index (κ2) is 6.20. The maximum atomic E-state index is 13.3. The first kappa shape index (κ1) is 13.4. The van der Waals surface area contributed by atoms with Crippen molar-refractivity contribution in [2.45, 2.75) is 25.9 Å². The van der Waals surface area contributed by atoms with E-state index in [9.17, 15) is 9.18 Å². The van der Waals surface area contributed by atoms with Crippen LogP contribution in [-0.4, -0.2) is 28.8 Å². The molecule has 5 heteroatoms. The molecule has 0 aliphatic rings. The largest absolute Gasteiger partial charge is 0.478 e. The summed E-state index contributed by atoms with van der Waals surface area (Å²) in [5.41, 5.74) is 0.206. The Morgan fingerprint density at radius 2 is 2.24 bits per heavy atom. The summed E-state index contributed by atoms with van der Waals surface area (Å²) in [5, 5.41) is 20.6. The van der Waals surface area contributed by atoms with Crippen molar-refractivity contribution in [2.75, 3.05) is 11.9 Å². The molecule has 0 saturated carbocycles. The van der Waals surface area contributed by atoms with Gasteiger partial charge in [0.1, 0.15) is 5.82 Å². The standard InChI is InChI=1S/C12H16FNO3/c1-8(15)3-2-6-14-9-4-5-10(12(16)17)11(13)7-9/h4-5,7-8,14-15H,2-3,6H2,1H3,(H,16,17). The molecule has 4 nitrogen and oxygen atoms in total. The van der Waals surface area contributed by atoms with Crippen LogP contribution in [0.5, 0.6) is 0 Å². The number of carbonyl (C=O) groups is 1. The van der Waals surface area contributed by atoms with Crippen LogP contribution in [0.4, 0.5) is 10.1 Å². The van der Waals surface area contributed by atoms with Crippen LogP contribution in [-0.2, 0) is 0 Å². The summed E-state index contributed by atoms with van der Waals surface area (Å²) in [5.74, 6) is -2.03. The van der Waals surface area contributed by atoms with E-state index in [-0.39, 0.29) is 11.7 Å². The summed E-state index contributed by atoms with van der Waals surface area (Å²) in [6.45, 7) is 2.32. The lowest BCUT2D eigenvalue weighted by atomic mass is 10.2. The number of hydrogen-bond donors (Lipinski definition) is 3. The highest BCUT2D eigenvalue weighted by atomic mass is 19.1. The lowest BCUT2D eigenvalue weighted by Crippen LogP contribution is -2.07. The van der Waals surface area contributed by atoms with Crippen LogP contribution in [0.1, 0.15) is 30.1 Å². The zero-order valence-corrected chi connectivity index (χ0v) is 9.61. The Labute approximate surface area is 99.1 Å². The number of benzene rings is 1. The van der Waals surface area contributed by atoms with Gasteiger partial charge in [-0.2, -0.15) is 0 Å². The molecule has 0 amide bonds. The molecule has 0 aliphatic heterocycles. The molecule has 0 saturated heterocycles. The highest BCUT2D eigenvalue weighted by molar-refractivity contribution is 5.88. The summed E-state index contributed by atoms with van der Waals surface area (Å²) in [6, 6.07) is 3.91. The molecule has 3 N–H and O–H groups in total. The first-order chi connectivity index (χ1) is 8.00. The van der Waals surface area contributed by atoms with Gasteiger partial charge in [0, 0.05) is 12.2 Å². The van der Waals surface area contributed by atoms with Crippen molar-refractivity contribution in [3.63, 3.8) is 0 Å². The average Bonchev–Trinajstić information content (AvgIpc) is 2.23. The molecule has 0 aliphatic carbocycles. The lowest BCUT2D eigenvalue weighted by Gasteiger charge is -2.08. The summed E-state index contributed by atoms with van der Waals surface area (Å²) in [4.78, 5) is 10.6. The minimum atomic E-state index is -1.27. The minimum absolute atomic E-state index is 0.334. The van der Waals surface area contributed by atoms with Gasteiger partial charge in [-0.05, 0) is 38.0 Å². The zero-order valence-electron chi connectivity index (χ0n) is 9.61. The zero-order chi connectivity index (χ0) is 12.8. The van der Waals surface area contributed by atoms with E-state index < -0.39 is 11.8 Å². The van der Waals surface area contributed by atoms with Crippen LogP contribution in [0.15, 0.2) is 18.2 Å². The number of carboxylic acid groups (broad SMARTS) is 1. The first-order valence-corrected chi connectivity index (χ1v) is 5.45. The van der Waals surface area contributed by atoms with Crippen molar-refractivity contribution >= 4 is 11.7 Å². The topological polar surface area (TPSA) is 69.6 Å². The van der Waals surface area contributed by atoms with E-state index in [0.717, 1.165) is 12.5 Å². The highest BCUT2D eigenvalue weighted by Gasteiger charge is 2.09. The smallest absolute Gasteiger partial charge is 0.338 e. The number of carboxylic acids is 1. The van der Waals surface area contributed by atoms with E-state index in [1.807, 2.05) is 0 Å². The maximum Gasteiger partial charge on any atom is 0.338 e. The van der Waals surface area contributed by atoms with Gasteiger partial charge in [0.15, 0.2) is 0 Å². The van der Waals surface area contributed by atoms with Gasteiger partial charge in [0.25, 0.3) is 0 Å².